The highest BCUT2D eigenvalue weighted by Gasteiger charge is 2.14. The van der Waals surface area contributed by atoms with Crippen LogP contribution >= 0.6 is 11.3 Å². The van der Waals surface area contributed by atoms with Crippen molar-refractivity contribution in [2.75, 3.05) is 0 Å². The highest BCUT2D eigenvalue weighted by atomic mass is 32.1. The van der Waals surface area contributed by atoms with E-state index in [1.54, 1.807) is 11.3 Å². The van der Waals surface area contributed by atoms with Gasteiger partial charge in [-0.15, -0.1) is 11.3 Å². The number of aromatic nitrogens is 1. The van der Waals surface area contributed by atoms with Gasteiger partial charge in [-0.05, 0) is 19.3 Å². The standard InChI is InChI=1S/C8H10N2S/c1-5-3-7-8(9-4-5)10-6(2)11-7/h4-5H,3H2,1-2H3. The molecule has 3 heteroatoms. The molecule has 1 aromatic rings. The summed E-state index contributed by atoms with van der Waals surface area (Å²) in [7, 11) is 0. The summed E-state index contributed by atoms with van der Waals surface area (Å²) in [6.45, 7) is 4.21. The number of hydrogen-bond acceptors (Lipinski definition) is 3. The second-order valence-corrected chi connectivity index (χ2v) is 4.23. The van der Waals surface area contributed by atoms with Gasteiger partial charge in [0.15, 0.2) is 5.82 Å². The molecule has 11 heavy (non-hydrogen) atoms. The molecule has 2 heterocycles. The number of nitrogens with zero attached hydrogens (tertiary/aromatic N) is 2. The van der Waals surface area contributed by atoms with Gasteiger partial charge >= 0.3 is 0 Å². The maximum atomic E-state index is 4.31. The van der Waals surface area contributed by atoms with E-state index in [0.29, 0.717) is 5.92 Å². The Bertz CT molecular complexity index is 301. The molecular formula is C8H10N2S. The van der Waals surface area contributed by atoms with E-state index in [1.807, 2.05) is 13.1 Å². The van der Waals surface area contributed by atoms with E-state index in [2.05, 4.69) is 16.9 Å². The second-order valence-electron chi connectivity index (χ2n) is 2.94. The average molecular weight is 166 g/mol. The smallest absolute Gasteiger partial charge is 0.166 e. The first-order valence-corrected chi connectivity index (χ1v) is 4.58. The lowest BCUT2D eigenvalue weighted by atomic mass is 10.1. The van der Waals surface area contributed by atoms with Crippen LogP contribution in [0.3, 0.4) is 0 Å². The fraction of sp³-hybridized carbons (Fsp3) is 0.500. The van der Waals surface area contributed by atoms with Crippen molar-refractivity contribution in [2.45, 2.75) is 20.3 Å². The molecule has 1 unspecified atom stereocenters. The lowest BCUT2D eigenvalue weighted by molar-refractivity contribution is 0.780. The Morgan fingerprint density at radius 3 is 3.27 bits per heavy atom. The SMILES string of the molecule is Cc1nc2c(s1)CC(C)C=N2. The van der Waals surface area contributed by atoms with Gasteiger partial charge in [0.1, 0.15) is 0 Å². The van der Waals surface area contributed by atoms with Crippen molar-refractivity contribution in [1.29, 1.82) is 0 Å². The molecule has 0 saturated carbocycles. The van der Waals surface area contributed by atoms with Crippen LogP contribution in [0.2, 0.25) is 0 Å². The summed E-state index contributed by atoms with van der Waals surface area (Å²) in [4.78, 5) is 9.92. The van der Waals surface area contributed by atoms with Crippen LogP contribution in [0.15, 0.2) is 4.99 Å². The molecule has 0 fully saturated rings. The first-order chi connectivity index (χ1) is 5.25. The molecule has 0 bridgehead atoms. The highest BCUT2D eigenvalue weighted by molar-refractivity contribution is 7.12. The zero-order valence-corrected chi connectivity index (χ0v) is 7.48. The third-order valence-corrected chi connectivity index (χ3v) is 2.72. The molecule has 1 aromatic heterocycles. The van der Waals surface area contributed by atoms with Crippen LogP contribution in [-0.4, -0.2) is 11.2 Å². The maximum absolute atomic E-state index is 4.31. The molecule has 0 saturated heterocycles. The second kappa shape index (κ2) is 2.41. The minimum atomic E-state index is 0.586. The largest absolute Gasteiger partial charge is 0.240 e. The van der Waals surface area contributed by atoms with Crippen LogP contribution in [-0.2, 0) is 6.42 Å². The molecule has 0 N–H and O–H groups in total. The summed E-state index contributed by atoms with van der Waals surface area (Å²) in [6.07, 6.45) is 3.10. The predicted octanol–water partition coefficient (Wildman–Crippen LogP) is 2.35. The summed E-state index contributed by atoms with van der Waals surface area (Å²) >= 11 is 1.77. The van der Waals surface area contributed by atoms with Crippen LogP contribution in [0.1, 0.15) is 16.8 Å². The molecule has 1 aliphatic rings. The van der Waals surface area contributed by atoms with Gasteiger partial charge in [-0.3, -0.25) is 0 Å². The van der Waals surface area contributed by atoms with E-state index in [9.17, 15) is 0 Å². The van der Waals surface area contributed by atoms with Gasteiger partial charge in [0.05, 0.1) is 9.88 Å². The van der Waals surface area contributed by atoms with Gasteiger partial charge < -0.3 is 0 Å². The Balaban J connectivity index is 2.44. The highest BCUT2D eigenvalue weighted by Crippen LogP contribution is 2.30. The lowest BCUT2D eigenvalue weighted by Gasteiger charge is -2.07. The average Bonchev–Trinajstić information content (AvgIpc) is 2.27. The van der Waals surface area contributed by atoms with Crippen molar-refractivity contribution in [1.82, 2.24) is 4.98 Å². The van der Waals surface area contributed by atoms with Gasteiger partial charge in [0, 0.05) is 6.21 Å². The monoisotopic (exact) mass is 166 g/mol. The van der Waals surface area contributed by atoms with Gasteiger partial charge in [0.2, 0.25) is 0 Å². The number of aliphatic imine (C=N–C) groups is 1. The van der Waals surface area contributed by atoms with Crippen molar-refractivity contribution >= 4 is 23.4 Å². The van der Waals surface area contributed by atoms with Crippen molar-refractivity contribution in [3.8, 4) is 0 Å². The first-order valence-electron chi connectivity index (χ1n) is 3.76. The van der Waals surface area contributed by atoms with Crippen LogP contribution in [0.25, 0.3) is 0 Å². The Hall–Kier alpha value is -0.700. The van der Waals surface area contributed by atoms with E-state index in [1.165, 1.54) is 4.88 Å². The number of thiazole rings is 1. The van der Waals surface area contributed by atoms with E-state index in [4.69, 9.17) is 0 Å². The number of aryl methyl sites for hydroxylation is 1. The fourth-order valence-electron chi connectivity index (χ4n) is 1.24. The molecule has 0 amide bonds. The van der Waals surface area contributed by atoms with E-state index < -0.39 is 0 Å². The summed E-state index contributed by atoms with van der Waals surface area (Å²) < 4.78 is 0. The van der Waals surface area contributed by atoms with E-state index >= 15 is 0 Å². The van der Waals surface area contributed by atoms with Crippen molar-refractivity contribution in [3.63, 3.8) is 0 Å². The van der Waals surface area contributed by atoms with Crippen LogP contribution in [0, 0.1) is 12.8 Å². The van der Waals surface area contributed by atoms with Crippen LogP contribution in [0.5, 0.6) is 0 Å². The van der Waals surface area contributed by atoms with Crippen molar-refractivity contribution in [2.24, 2.45) is 10.9 Å². The third kappa shape index (κ3) is 1.20. The summed E-state index contributed by atoms with van der Waals surface area (Å²) in [5.41, 5.74) is 0. The fourth-order valence-corrected chi connectivity index (χ4v) is 2.26. The number of hydrogen-bond donors (Lipinski definition) is 0. The van der Waals surface area contributed by atoms with Gasteiger partial charge in [-0.1, -0.05) is 6.92 Å². The molecule has 2 rings (SSSR count). The predicted molar refractivity (Wildman–Crippen MR) is 47.9 cm³/mol. The third-order valence-electron chi connectivity index (χ3n) is 1.74. The molecule has 1 atom stereocenters. The molecular weight excluding hydrogens is 156 g/mol. The Morgan fingerprint density at radius 1 is 1.64 bits per heavy atom. The van der Waals surface area contributed by atoms with Crippen molar-refractivity contribution in [3.05, 3.63) is 9.88 Å². The molecule has 0 spiro atoms. The summed E-state index contributed by atoms with van der Waals surface area (Å²) in [5, 5.41) is 1.13. The maximum Gasteiger partial charge on any atom is 0.166 e. The van der Waals surface area contributed by atoms with Gasteiger partial charge in [0.25, 0.3) is 0 Å². The van der Waals surface area contributed by atoms with E-state index in [0.717, 1.165) is 17.2 Å². The molecule has 2 nitrogen and oxygen atoms in total. The number of fused-ring (bicyclic) bond motifs is 1. The normalized spacial score (nSPS) is 21.8. The molecule has 0 aliphatic carbocycles. The Kier molecular flexibility index (Phi) is 1.53. The molecule has 0 aromatic carbocycles. The van der Waals surface area contributed by atoms with Crippen LogP contribution in [0.4, 0.5) is 5.82 Å². The Labute approximate surface area is 70.0 Å². The zero-order chi connectivity index (χ0) is 7.84. The van der Waals surface area contributed by atoms with Gasteiger partial charge in [-0.2, -0.15) is 0 Å². The van der Waals surface area contributed by atoms with Crippen molar-refractivity contribution < 1.29 is 0 Å². The van der Waals surface area contributed by atoms with Gasteiger partial charge in [-0.25, -0.2) is 9.98 Å². The topological polar surface area (TPSA) is 25.2 Å². The summed E-state index contributed by atoms with van der Waals surface area (Å²) in [5.74, 6) is 1.54. The first kappa shape index (κ1) is 6.98. The number of rotatable bonds is 0. The molecule has 58 valence electrons. The molecule has 1 aliphatic heterocycles. The minimum Gasteiger partial charge on any atom is -0.240 e. The van der Waals surface area contributed by atoms with Crippen LogP contribution < -0.4 is 0 Å². The summed E-state index contributed by atoms with van der Waals surface area (Å²) in [6, 6.07) is 0. The quantitative estimate of drug-likeness (QED) is 0.580. The minimum absolute atomic E-state index is 0.586. The Morgan fingerprint density at radius 2 is 2.45 bits per heavy atom. The van der Waals surface area contributed by atoms with E-state index in [-0.39, 0.29) is 0 Å². The zero-order valence-electron chi connectivity index (χ0n) is 6.66. The lowest BCUT2D eigenvalue weighted by Crippen LogP contribution is -2.03. The molecule has 0 radical (unpaired) electrons.